The molecule has 0 fully saturated rings. The first kappa shape index (κ1) is 23.9. The maximum Gasteiger partial charge on any atom is 0.253 e. The molecule has 2 aromatic rings. The van der Waals surface area contributed by atoms with Crippen LogP contribution >= 0.6 is 0 Å². The van der Waals surface area contributed by atoms with Crippen LogP contribution in [0.1, 0.15) is 22.3 Å². The molecule has 3 amide bonds. The molecule has 0 saturated heterocycles. The van der Waals surface area contributed by atoms with Crippen molar-refractivity contribution in [1.29, 1.82) is 0 Å². The van der Waals surface area contributed by atoms with Crippen molar-refractivity contribution in [2.45, 2.75) is 37.1 Å². The number of rotatable bonds is 8. The maximum absolute atomic E-state index is 12.8. The molecule has 3 rings (SSSR count). The van der Waals surface area contributed by atoms with Crippen LogP contribution in [0, 0.1) is 0 Å². The Kier molecular flexibility index (Phi) is 7.75. The van der Waals surface area contributed by atoms with E-state index in [0.29, 0.717) is 5.75 Å². The van der Waals surface area contributed by atoms with Crippen LogP contribution in [0.2, 0.25) is 0 Å². The highest BCUT2D eigenvalue weighted by Gasteiger charge is 2.34. The van der Waals surface area contributed by atoms with Crippen LogP contribution in [0.3, 0.4) is 0 Å². The van der Waals surface area contributed by atoms with Crippen molar-refractivity contribution < 1.29 is 29.3 Å². The number of nitrogens with one attached hydrogen (secondary N) is 2. The Balaban J connectivity index is 1.72. The van der Waals surface area contributed by atoms with Gasteiger partial charge in [-0.15, -0.1) is 0 Å². The first-order chi connectivity index (χ1) is 15.8. The molecule has 0 bridgehead atoms. The van der Waals surface area contributed by atoms with E-state index in [1.54, 1.807) is 36.4 Å². The lowest BCUT2D eigenvalue weighted by Gasteiger charge is -2.31. The number of hydrogen-bond donors (Lipinski definition) is 5. The fourth-order valence-corrected chi connectivity index (χ4v) is 3.47. The van der Waals surface area contributed by atoms with Crippen molar-refractivity contribution in [2.24, 2.45) is 5.73 Å². The molecule has 6 N–H and O–H groups in total. The van der Waals surface area contributed by atoms with Gasteiger partial charge in [0.15, 0.2) is 0 Å². The van der Waals surface area contributed by atoms with Gasteiger partial charge in [0.05, 0.1) is 24.8 Å². The highest BCUT2D eigenvalue weighted by molar-refractivity contribution is 5.98. The Labute approximate surface area is 190 Å². The second-order valence-corrected chi connectivity index (χ2v) is 7.68. The largest absolute Gasteiger partial charge is 0.497 e. The van der Waals surface area contributed by atoms with Crippen LogP contribution in [-0.4, -0.2) is 64.3 Å². The van der Waals surface area contributed by atoms with Gasteiger partial charge in [-0.1, -0.05) is 18.2 Å². The van der Waals surface area contributed by atoms with E-state index in [0.717, 1.165) is 5.56 Å². The fourth-order valence-electron chi connectivity index (χ4n) is 3.47. The van der Waals surface area contributed by atoms with Gasteiger partial charge in [-0.2, -0.15) is 0 Å². The molecule has 1 aromatic heterocycles. The minimum Gasteiger partial charge on any atom is -0.497 e. The van der Waals surface area contributed by atoms with Gasteiger partial charge in [-0.25, -0.2) is 0 Å². The number of nitrogens with two attached hydrogens (primary N) is 1. The third-order valence-electron chi connectivity index (χ3n) is 5.33. The van der Waals surface area contributed by atoms with Gasteiger partial charge >= 0.3 is 0 Å². The van der Waals surface area contributed by atoms with Gasteiger partial charge in [0.1, 0.15) is 17.9 Å². The molecule has 10 nitrogen and oxygen atoms in total. The molecular weight excluding hydrogens is 428 g/mol. The molecule has 1 aliphatic carbocycles. The van der Waals surface area contributed by atoms with Crippen molar-refractivity contribution in [3.63, 3.8) is 0 Å². The number of carbonyl (C=O) groups excluding carboxylic acids is 3. The van der Waals surface area contributed by atoms with Crippen molar-refractivity contribution in [1.82, 2.24) is 15.6 Å². The van der Waals surface area contributed by atoms with Crippen LogP contribution in [0.5, 0.6) is 5.75 Å². The lowest BCUT2D eigenvalue weighted by Crippen LogP contribution is -2.52. The Morgan fingerprint density at radius 2 is 1.91 bits per heavy atom. The summed E-state index contributed by atoms with van der Waals surface area (Å²) in [5.41, 5.74) is 6.61. The number of aliphatic hydroxyl groups is 2. The first-order valence-electron chi connectivity index (χ1n) is 10.3. The Bertz CT molecular complexity index is 1030. The molecule has 1 heterocycles. The van der Waals surface area contributed by atoms with E-state index in [1.807, 2.05) is 0 Å². The summed E-state index contributed by atoms with van der Waals surface area (Å²) in [7, 11) is 1.54. The van der Waals surface area contributed by atoms with Crippen molar-refractivity contribution in [2.75, 3.05) is 7.11 Å². The Morgan fingerprint density at radius 1 is 1.18 bits per heavy atom. The summed E-state index contributed by atoms with van der Waals surface area (Å²) < 4.78 is 5.10. The molecule has 4 atom stereocenters. The summed E-state index contributed by atoms with van der Waals surface area (Å²) in [6.07, 6.45) is 1.64. The predicted molar refractivity (Wildman–Crippen MR) is 118 cm³/mol. The number of primary amides is 1. The van der Waals surface area contributed by atoms with Crippen LogP contribution in [0.4, 0.5) is 0 Å². The number of methoxy groups -OCH3 is 1. The highest BCUT2D eigenvalue weighted by Crippen LogP contribution is 2.21. The zero-order valence-electron chi connectivity index (χ0n) is 18.0. The van der Waals surface area contributed by atoms with Crippen LogP contribution < -0.4 is 21.1 Å². The quantitative estimate of drug-likeness (QED) is 0.357. The van der Waals surface area contributed by atoms with E-state index in [9.17, 15) is 24.6 Å². The average molecular weight is 454 g/mol. The van der Waals surface area contributed by atoms with Crippen LogP contribution in [0.25, 0.3) is 0 Å². The molecule has 0 spiro atoms. The number of pyridine rings is 1. The smallest absolute Gasteiger partial charge is 0.253 e. The van der Waals surface area contributed by atoms with Crippen molar-refractivity contribution in [3.05, 3.63) is 71.6 Å². The Hall–Kier alpha value is -3.76. The SMILES string of the molecule is COc1ccc(C[C@H](NC(=O)C2=C[C@@H](NC(=O)c3cccnc3)[C@@H](O)[C@H](O)C2)C(N)=O)cc1. The third kappa shape index (κ3) is 6.15. The minimum absolute atomic E-state index is 0.116. The summed E-state index contributed by atoms with van der Waals surface area (Å²) in [5, 5.41) is 25.7. The number of amides is 3. The van der Waals surface area contributed by atoms with Gasteiger partial charge in [-0.3, -0.25) is 19.4 Å². The van der Waals surface area contributed by atoms with Gasteiger partial charge in [0, 0.05) is 30.8 Å². The number of benzene rings is 1. The van der Waals surface area contributed by atoms with E-state index in [1.165, 1.54) is 25.6 Å². The number of carbonyl (C=O) groups is 3. The summed E-state index contributed by atoms with van der Waals surface area (Å²) in [6, 6.07) is 8.08. The molecule has 0 radical (unpaired) electrons. The molecule has 33 heavy (non-hydrogen) atoms. The number of ether oxygens (including phenoxy) is 1. The normalized spacial score (nSPS) is 20.8. The summed E-state index contributed by atoms with van der Waals surface area (Å²) in [6.45, 7) is 0. The van der Waals surface area contributed by atoms with E-state index in [-0.39, 0.29) is 24.0 Å². The zero-order chi connectivity index (χ0) is 24.0. The standard InChI is InChI=1S/C23H26N4O6/c1-33-16-6-4-13(5-7-16)9-18(21(24)30)27-23(32)15-10-17(20(29)19(28)11-15)26-22(31)14-3-2-8-25-12-14/h2-8,10,12,17-20,28-29H,9,11H2,1H3,(H2,24,30)(H,26,31)(H,27,32)/t17-,18+,19-,20-/m1/s1. The lowest BCUT2D eigenvalue weighted by molar-refractivity contribution is -0.125. The molecule has 10 heteroatoms. The van der Waals surface area contributed by atoms with E-state index < -0.39 is 42.0 Å². The van der Waals surface area contributed by atoms with Gasteiger partial charge < -0.3 is 31.3 Å². The predicted octanol–water partition coefficient (Wildman–Crippen LogP) is -0.547. The number of nitrogens with zero attached hydrogens (tertiary/aromatic N) is 1. The molecule has 0 saturated carbocycles. The fraction of sp³-hybridized carbons (Fsp3) is 0.304. The topological polar surface area (TPSA) is 164 Å². The van der Waals surface area contributed by atoms with E-state index in [4.69, 9.17) is 10.5 Å². The zero-order valence-corrected chi connectivity index (χ0v) is 18.0. The Morgan fingerprint density at radius 3 is 2.52 bits per heavy atom. The molecule has 174 valence electrons. The van der Waals surface area contributed by atoms with Gasteiger partial charge in [0.25, 0.3) is 5.91 Å². The van der Waals surface area contributed by atoms with Gasteiger partial charge in [0.2, 0.25) is 11.8 Å². The second-order valence-electron chi connectivity index (χ2n) is 7.68. The molecule has 0 aliphatic heterocycles. The van der Waals surface area contributed by atoms with E-state index in [2.05, 4.69) is 15.6 Å². The van der Waals surface area contributed by atoms with Crippen LogP contribution in [0.15, 0.2) is 60.4 Å². The molecular formula is C23H26N4O6. The highest BCUT2D eigenvalue weighted by atomic mass is 16.5. The lowest BCUT2D eigenvalue weighted by atomic mass is 9.89. The number of aromatic nitrogens is 1. The average Bonchev–Trinajstić information content (AvgIpc) is 2.82. The molecule has 1 aliphatic rings. The van der Waals surface area contributed by atoms with Crippen LogP contribution in [-0.2, 0) is 16.0 Å². The molecule has 1 aromatic carbocycles. The monoisotopic (exact) mass is 454 g/mol. The molecule has 0 unspecified atom stereocenters. The number of aliphatic hydroxyl groups excluding tert-OH is 2. The summed E-state index contributed by atoms with van der Waals surface area (Å²) in [4.78, 5) is 41.1. The summed E-state index contributed by atoms with van der Waals surface area (Å²) in [5.74, 6) is -1.22. The minimum atomic E-state index is -1.31. The van der Waals surface area contributed by atoms with Gasteiger partial charge in [-0.05, 0) is 29.8 Å². The number of hydrogen-bond acceptors (Lipinski definition) is 7. The van der Waals surface area contributed by atoms with E-state index >= 15 is 0 Å². The second kappa shape index (κ2) is 10.7. The first-order valence-corrected chi connectivity index (χ1v) is 10.3. The third-order valence-corrected chi connectivity index (χ3v) is 5.33. The maximum atomic E-state index is 12.8. The summed E-state index contributed by atoms with van der Waals surface area (Å²) >= 11 is 0. The van der Waals surface area contributed by atoms with Crippen molar-refractivity contribution >= 4 is 17.7 Å². The van der Waals surface area contributed by atoms with Crippen molar-refractivity contribution in [3.8, 4) is 5.75 Å².